The van der Waals surface area contributed by atoms with Gasteiger partial charge in [-0.1, -0.05) is 0 Å². The van der Waals surface area contributed by atoms with Gasteiger partial charge in [0.25, 0.3) is 0 Å². The maximum Gasteiger partial charge on any atom is 0.408 e. The number of ether oxygens (including phenoxy) is 1. The highest BCUT2D eigenvalue weighted by molar-refractivity contribution is 8.26. The van der Waals surface area contributed by atoms with Crippen molar-refractivity contribution in [3.8, 4) is 0 Å². The number of alkyl carbamates (subject to hydrolysis) is 1. The number of aliphatic imine (C=N–C) groups is 2. The molecule has 0 aliphatic carbocycles. The van der Waals surface area contributed by atoms with Gasteiger partial charge in [-0.3, -0.25) is 0 Å². The topological polar surface area (TPSA) is 120 Å². The molecule has 0 atom stereocenters. The minimum atomic E-state index is -0.379. The zero-order chi connectivity index (χ0) is 26.9. The fraction of sp³-hybridized carbons (Fsp3) is 0.833. The van der Waals surface area contributed by atoms with Gasteiger partial charge in [0.1, 0.15) is 11.9 Å². The van der Waals surface area contributed by atoms with E-state index in [0.29, 0.717) is 42.5 Å². The summed E-state index contributed by atoms with van der Waals surface area (Å²) in [4.78, 5) is 38.9. The number of thioether (sulfide) groups is 9. The Morgan fingerprint density at radius 3 is 2.08 bits per heavy atom. The highest BCUT2D eigenvalue weighted by atomic mass is 32.3. The number of nitrogens with zero attached hydrogens (tertiary/aromatic N) is 2. The Hall–Kier alpha value is 1.24. The molecule has 0 bridgehead atoms. The van der Waals surface area contributed by atoms with Crippen LogP contribution in [0, 0.1) is 0 Å². The Balaban J connectivity index is 3.20. The summed E-state index contributed by atoms with van der Waals surface area (Å²) >= 11 is 15.4. The van der Waals surface area contributed by atoms with E-state index in [4.69, 9.17) is 29.4 Å². The third kappa shape index (κ3) is 35.2. The summed E-state index contributed by atoms with van der Waals surface area (Å²) in [6.45, 7) is 0.428. The fourth-order valence-corrected chi connectivity index (χ4v) is 9.89. The predicted octanol–water partition coefficient (Wildman–Crippen LogP) is 5.81. The van der Waals surface area contributed by atoms with E-state index in [1.807, 2.05) is 41.5 Å². The molecule has 10 nitrogen and oxygen atoms in total. The molecule has 0 aromatic carbocycles. The van der Waals surface area contributed by atoms with Crippen LogP contribution in [0.4, 0.5) is 4.79 Å². The Morgan fingerprint density at radius 2 is 1.38 bits per heavy atom. The lowest BCUT2D eigenvalue weighted by Gasteiger charge is -2.07. The maximum atomic E-state index is 11.7. The van der Waals surface area contributed by atoms with Crippen LogP contribution in [0.5, 0.6) is 0 Å². The summed E-state index contributed by atoms with van der Waals surface area (Å²) < 4.78 is 5.15. The molecule has 37 heavy (non-hydrogen) atoms. The smallest absolute Gasteiger partial charge is 0.408 e. The third-order valence-corrected chi connectivity index (χ3v) is 12.5. The first-order chi connectivity index (χ1) is 18.3. The van der Waals surface area contributed by atoms with Crippen LogP contribution in [-0.2, 0) is 24.3 Å². The van der Waals surface area contributed by atoms with Crippen molar-refractivity contribution in [1.29, 1.82) is 0 Å². The molecule has 0 fully saturated rings. The highest BCUT2D eigenvalue weighted by Crippen LogP contribution is 2.22. The van der Waals surface area contributed by atoms with E-state index in [-0.39, 0.29) is 12.7 Å². The molecule has 0 rings (SSSR count). The molecule has 218 valence electrons. The van der Waals surface area contributed by atoms with Crippen molar-refractivity contribution in [3.05, 3.63) is 0 Å². The monoisotopic (exact) mass is 693 g/mol. The summed E-state index contributed by atoms with van der Waals surface area (Å²) in [5.74, 6) is 2.62. The van der Waals surface area contributed by atoms with Crippen LogP contribution in [0.25, 0.3) is 0 Å². The maximum absolute atomic E-state index is 11.7. The van der Waals surface area contributed by atoms with E-state index < -0.39 is 0 Å². The Kier molecular flexibility index (Phi) is 36.4. The van der Waals surface area contributed by atoms with Crippen LogP contribution in [0.2, 0.25) is 0 Å². The van der Waals surface area contributed by atoms with Gasteiger partial charge in [-0.05, 0) is 12.7 Å². The van der Waals surface area contributed by atoms with Crippen molar-refractivity contribution in [2.24, 2.45) is 9.98 Å². The number of aliphatic hydroxyl groups is 1. The van der Waals surface area contributed by atoms with E-state index in [9.17, 15) is 4.79 Å². The number of hydrogen-bond donors (Lipinski definition) is 2. The molecular weight excluding hydrogens is 659 g/mol. The Bertz CT molecular complexity index is 547. The second kappa shape index (κ2) is 35.3. The van der Waals surface area contributed by atoms with E-state index >= 15 is 0 Å². The van der Waals surface area contributed by atoms with Crippen LogP contribution in [0.3, 0.4) is 0 Å². The quantitative estimate of drug-likeness (QED) is 0.0245. The van der Waals surface area contributed by atoms with Gasteiger partial charge >= 0.3 is 6.09 Å². The van der Waals surface area contributed by atoms with Gasteiger partial charge in [0.2, 0.25) is 12.8 Å². The molecule has 0 saturated carbocycles. The molecule has 2 N–H and O–H groups in total. The summed E-state index contributed by atoms with van der Waals surface area (Å²) in [5.41, 5.74) is 0. The molecule has 0 saturated heterocycles. The van der Waals surface area contributed by atoms with E-state index in [1.165, 1.54) is 12.8 Å². The van der Waals surface area contributed by atoms with Gasteiger partial charge in [-0.2, -0.15) is 9.78 Å². The molecule has 0 aliphatic rings. The molecule has 0 aromatic rings. The summed E-state index contributed by atoms with van der Waals surface area (Å²) in [5, 5.41) is 16.9. The highest BCUT2D eigenvalue weighted by Gasteiger charge is 2.01. The first-order valence-corrected chi connectivity index (χ1v) is 21.1. The number of hydrogen-bond acceptors (Lipinski definition) is 18. The number of aliphatic hydroxyl groups excluding tert-OH is 1. The van der Waals surface area contributed by atoms with Crippen LogP contribution in [-0.4, -0.2) is 103 Å². The van der Waals surface area contributed by atoms with E-state index in [2.05, 4.69) is 15.3 Å². The molecule has 0 aromatic heterocycles. The first kappa shape index (κ1) is 38.2. The Labute approximate surface area is 258 Å². The molecule has 19 heteroatoms. The van der Waals surface area contributed by atoms with Gasteiger partial charge in [0.05, 0.1) is 24.2 Å². The summed E-state index contributed by atoms with van der Waals surface area (Å²) in [6, 6.07) is 0. The third-order valence-electron chi connectivity index (χ3n) is 2.85. The van der Waals surface area contributed by atoms with E-state index in [1.54, 1.807) is 70.6 Å². The minimum Gasteiger partial charge on any atom is -0.438 e. The number of amides is 1. The van der Waals surface area contributed by atoms with Gasteiger partial charge in [-0.15, -0.1) is 106 Å². The van der Waals surface area contributed by atoms with Crippen LogP contribution in [0.1, 0.15) is 6.42 Å². The van der Waals surface area contributed by atoms with Gasteiger partial charge < -0.3 is 24.9 Å². The second-order valence-electron chi connectivity index (χ2n) is 5.66. The number of carbonyl (C=O) groups is 1. The van der Waals surface area contributed by atoms with Crippen LogP contribution >= 0.6 is 106 Å². The van der Waals surface area contributed by atoms with Crippen LogP contribution in [0.15, 0.2) is 9.98 Å². The lowest BCUT2D eigenvalue weighted by molar-refractivity contribution is -0.217. The fourth-order valence-electron chi connectivity index (χ4n) is 1.44. The zero-order valence-electron chi connectivity index (χ0n) is 20.5. The normalized spacial score (nSPS) is 11.4. The van der Waals surface area contributed by atoms with Crippen molar-refractivity contribution < 1.29 is 34.2 Å². The summed E-state index contributed by atoms with van der Waals surface area (Å²) in [6.07, 6.45) is 4.72. The minimum absolute atomic E-state index is 0.0808. The lowest BCUT2D eigenvalue weighted by Crippen LogP contribution is -2.23. The van der Waals surface area contributed by atoms with E-state index in [0.717, 1.165) is 30.5 Å². The van der Waals surface area contributed by atoms with Crippen molar-refractivity contribution >= 4 is 125 Å². The number of carbonyl (C=O) groups excluding carboxylic acids is 1. The van der Waals surface area contributed by atoms with Crippen LogP contribution < -0.4 is 5.32 Å². The molecular formula is C18H35N3O7S9. The molecule has 0 aliphatic heterocycles. The van der Waals surface area contributed by atoms with Gasteiger partial charge in [-0.25, -0.2) is 14.8 Å². The molecule has 0 spiro atoms. The first-order valence-electron chi connectivity index (χ1n) is 10.5. The molecule has 0 unspecified atom stereocenters. The SMILES string of the molecule is CSCN=COOCSCSCSCSCOC(=O)NCSCSCSCSCN=COOCCCO. The van der Waals surface area contributed by atoms with Gasteiger partial charge in [0, 0.05) is 37.1 Å². The average Bonchev–Trinajstić information content (AvgIpc) is 2.90. The molecule has 1 amide bonds. The van der Waals surface area contributed by atoms with Gasteiger partial charge in [0.15, 0.2) is 0 Å². The van der Waals surface area contributed by atoms with Crippen molar-refractivity contribution in [2.45, 2.75) is 6.42 Å². The standard InChI is InChI=1S/C18H35N3O7S9/c1-29-7-19-5-27-28-11-33-15-37-17-36-14-32-10-24-18(23)21-9-31-13-35-16-34-12-30-8-20-6-26-25-4-2-3-22/h5-6,22H,2-4,7-17H2,1H3,(H,21,23). The molecule has 0 radical (unpaired) electrons. The van der Waals surface area contributed by atoms with Crippen molar-refractivity contribution in [2.75, 3.05) is 79.5 Å². The number of nitrogens with one attached hydrogen (secondary N) is 1. The number of rotatable bonds is 29. The second-order valence-corrected chi connectivity index (χ2v) is 16.4. The van der Waals surface area contributed by atoms with Crippen molar-refractivity contribution in [3.63, 3.8) is 0 Å². The summed E-state index contributed by atoms with van der Waals surface area (Å²) in [7, 11) is 0. The van der Waals surface area contributed by atoms with Crippen molar-refractivity contribution in [1.82, 2.24) is 5.32 Å². The largest absolute Gasteiger partial charge is 0.438 e. The lowest BCUT2D eigenvalue weighted by atomic mass is 10.5. The molecule has 0 heterocycles. The average molecular weight is 694 g/mol. The zero-order valence-corrected chi connectivity index (χ0v) is 27.9. The predicted molar refractivity (Wildman–Crippen MR) is 175 cm³/mol. The Morgan fingerprint density at radius 1 is 0.784 bits per heavy atom.